The molecule has 1 aliphatic heterocycles. The lowest BCUT2D eigenvalue weighted by Crippen LogP contribution is -2.26. The van der Waals surface area contributed by atoms with Crippen LogP contribution in [0.1, 0.15) is 59.9 Å². The van der Waals surface area contributed by atoms with Crippen molar-refractivity contribution in [3.05, 3.63) is 95.5 Å². The number of hydrogen-bond acceptors (Lipinski definition) is 4. The second-order valence-corrected chi connectivity index (χ2v) is 10.7. The zero-order valence-electron chi connectivity index (χ0n) is 23.3. The number of nitrogens with zero attached hydrogens (tertiary/aromatic N) is 1. The molecule has 0 aliphatic carbocycles. The normalized spacial score (nSPS) is 19.6. The van der Waals surface area contributed by atoms with Crippen LogP contribution in [-0.4, -0.2) is 31.7 Å². The molecule has 4 heteroatoms. The van der Waals surface area contributed by atoms with E-state index in [1.54, 1.807) is 7.11 Å². The Kier molecular flexibility index (Phi) is 12.4. The third kappa shape index (κ3) is 12.1. The number of rotatable bonds is 7. The predicted octanol–water partition coefficient (Wildman–Crippen LogP) is 8.52. The molecule has 0 fully saturated rings. The third-order valence-electron chi connectivity index (χ3n) is 5.01. The number of hydrogen-bond donors (Lipinski definition) is 0. The van der Waals surface area contributed by atoms with E-state index in [-0.39, 0.29) is 0 Å². The summed E-state index contributed by atoms with van der Waals surface area (Å²) in [5.74, 6) is 3.28. The molecule has 1 heterocycles. The first-order valence-corrected chi connectivity index (χ1v) is 13.0. The summed E-state index contributed by atoms with van der Waals surface area (Å²) in [5, 5.41) is 0. The first-order valence-electron chi connectivity index (χ1n) is 13.0. The Bertz CT molecular complexity index is 994. The van der Waals surface area contributed by atoms with E-state index in [4.69, 9.17) is 14.2 Å². The minimum atomic E-state index is 0.500. The standard InChI is InChI=1S/C27H33NO3.C5H12/c1-4-30-27-18-22(2)20-28(17-10-6-9-16-26(27)29-3)21-23-12-11-15-25(19-23)31-24-13-7-5-8-14-24;1-5(2,3)4/h5,7-9,11-16,18-19H,4,6,10,17,20-21H2,1-3H3;1-4H3/b16-9+,22-18+,27-26-;. The lowest BCUT2D eigenvalue weighted by atomic mass is 10.0. The van der Waals surface area contributed by atoms with Crippen molar-refractivity contribution in [1.29, 1.82) is 0 Å². The monoisotopic (exact) mass is 491 g/mol. The average molecular weight is 492 g/mol. The highest BCUT2D eigenvalue weighted by atomic mass is 16.5. The molecule has 2 aromatic carbocycles. The predicted molar refractivity (Wildman–Crippen MR) is 151 cm³/mol. The molecule has 0 N–H and O–H groups in total. The second-order valence-electron chi connectivity index (χ2n) is 10.7. The van der Waals surface area contributed by atoms with E-state index in [9.17, 15) is 0 Å². The zero-order chi connectivity index (χ0) is 26.4. The fourth-order valence-electron chi connectivity index (χ4n) is 3.64. The molecule has 0 amide bonds. The van der Waals surface area contributed by atoms with Gasteiger partial charge in [0.2, 0.25) is 0 Å². The highest BCUT2D eigenvalue weighted by Crippen LogP contribution is 2.23. The van der Waals surface area contributed by atoms with Gasteiger partial charge in [0.05, 0.1) is 13.7 Å². The highest BCUT2D eigenvalue weighted by Gasteiger charge is 2.11. The molecular weight excluding hydrogens is 446 g/mol. The Morgan fingerprint density at radius 3 is 2.28 bits per heavy atom. The molecule has 36 heavy (non-hydrogen) atoms. The summed E-state index contributed by atoms with van der Waals surface area (Å²) in [4.78, 5) is 2.47. The lowest BCUT2D eigenvalue weighted by molar-refractivity contribution is 0.205. The van der Waals surface area contributed by atoms with Crippen molar-refractivity contribution in [2.45, 2.75) is 60.9 Å². The summed E-state index contributed by atoms with van der Waals surface area (Å²) in [7, 11) is 1.69. The maximum absolute atomic E-state index is 6.02. The number of methoxy groups -OCH3 is 1. The summed E-state index contributed by atoms with van der Waals surface area (Å²) < 4.78 is 17.4. The molecule has 0 bridgehead atoms. The summed E-state index contributed by atoms with van der Waals surface area (Å²) in [6, 6.07) is 18.3. The van der Waals surface area contributed by atoms with Gasteiger partial charge in [-0.25, -0.2) is 0 Å². The fraction of sp³-hybridized carbons (Fsp3) is 0.438. The van der Waals surface area contributed by atoms with Crippen molar-refractivity contribution in [2.75, 3.05) is 26.8 Å². The summed E-state index contributed by atoms with van der Waals surface area (Å²) in [6.07, 6.45) is 8.37. The molecule has 0 unspecified atom stereocenters. The van der Waals surface area contributed by atoms with Gasteiger partial charge in [-0.05, 0) is 80.6 Å². The van der Waals surface area contributed by atoms with Gasteiger partial charge in [-0.2, -0.15) is 0 Å². The molecule has 0 radical (unpaired) electrons. The summed E-state index contributed by atoms with van der Waals surface area (Å²) in [6.45, 7) is 16.3. The first kappa shape index (κ1) is 29.3. The van der Waals surface area contributed by atoms with Crippen LogP contribution in [0, 0.1) is 5.41 Å². The van der Waals surface area contributed by atoms with Gasteiger partial charge in [-0.1, -0.05) is 69.7 Å². The van der Waals surface area contributed by atoms with Crippen molar-refractivity contribution in [3.8, 4) is 11.5 Å². The molecular formula is C32H45NO3. The van der Waals surface area contributed by atoms with Gasteiger partial charge in [0.1, 0.15) is 11.5 Å². The van der Waals surface area contributed by atoms with Gasteiger partial charge in [-0.15, -0.1) is 0 Å². The van der Waals surface area contributed by atoms with Crippen LogP contribution in [0.2, 0.25) is 0 Å². The Hall–Kier alpha value is -2.98. The largest absolute Gasteiger partial charge is 0.493 e. The minimum absolute atomic E-state index is 0.500. The van der Waals surface area contributed by atoms with Gasteiger partial charge in [0.15, 0.2) is 11.5 Å². The zero-order valence-corrected chi connectivity index (χ0v) is 23.3. The molecule has 0 aromatic heterocycles. The Labute approximate surface area is 219 Å². The van der Waals surface area contributed by atoms with Crippen molar-refractivity contribution >= 4 is 0 Å². The topological polar surface area (TPSA) is 30.9 Å². The fourth-order valence-corrected chi connectivity index (χ4v) is 3.64. The van der Waals surface area contributed by atoms with Crippen molar-refractivity contribution in [2.24, 2.45) is 5.41 Å². The van der Waals surface area contributed by atoms with Crippen molar-refractivity contribution in [1.82, 2.24) is 4.90 Å². The van der Waals surface area contributed by atoms with E-state index >= 15 is 0 Å². The SMILES string of the molecule is CC(C)(C)C.CCOC1=C(OC)/C=C/CCCN(Cc2cccc(Oc3ccccc3)c2)C\C(C)=C\1. The van der Waals surface area contributed by atoms with E-state index in [0.717, 1.165) is 55.5 Å². The van der Waals surface area contributed by atoms with Crippen LogP contribution in [0.3, 0.4) is 0 Å². The molecule has 3 rings (SSSR count). The van der Waals surface area contributed by atoms with Gasteiger partial charge < -0.3 is 14.2 Å². The molecule has 0 saturated heterocycles. The van der Waals surface area contributed by atoms with E-state index in [1.807, 2.05) is 49.4 Å². The minimum Gasteiger partial charge on any atom is -0.493 e. The number of para-hydroxylation sites is 1. The molecule has 0 atom stereocenters. The second kappa shape index (κ2) is 15.2. The number of ether oxygens (including phenoxy) is 3. The maximum Gasteiger partial charge on any atom is 0.161 e. The van der Waals surface area contributed by atoms with Gasteiger partial charge in [-0.3, -0.25) is 4.90 Å². The molecule has 1 aliphatic rings. The van der Waals surface area contributed by atoms with Crippen LogP contribution >= 0.6 is 0 Å². The highest BCUT2D eigenvalue weighted by molar-refractivity contribution is 5.34. The van der Waals surface area contributed by atoms with E-state index in [2.05, 4.69) is 69.9 Å². The van der Waals surface area contributed by atoms with Gasteiger partial charge in [0.25, 0.3) is 0 Å². The van der Waals surface area contributed by atoms with Gasteiger partial charge >= 0.3 is 0 Å². The van der Waals surface area contributed by atoms with Crippen LogP contribution in [-0.2, 0) is 16.0 Å². The van der Waals surface area contributed by atoms with Crippen molar-refractivity contribution < 1.29 is 14.2 Å². The smallest absolute Gasteiger partial charge is 0.161 e. The average Bonchev–Trinajstić information content (AvgIpc) is 2.83. The molecule has 0 saturated carbocycles. The number of allylic oxidation sites excluding steroid dienone is 3. The lowest BCUT2D eigenvalue weighted by Gasteiger charge is -2.23. The Morgan fingerprint density at radius 1 is 0.917 bits per heavy atom. The Balaban J connectivity index is 0.000000830. The van der Waals surface area contributed by atoms with Crippen molar-refractivity contribution in [3.63, 3.8) is 0 Å². The number of benzene rings is 2. The first-order chi connectivity index (χ1) is 17.2. The van der Waals surface area contributed by atoms with Crippen LogP contribution in [0.5, 0.6) is 11.5 Å². The summed E-state index contributed by atoms with van der Waals surface area (Å²) in [5.41, 5.74) is 2.98. The van der Waals surface area contributed by atoms with Crippen LogP contribution in [0.15, 0.2) is 89.9 Å². The molecule has 2 aromatic rings. The molecule has 4 nitrogen and oxygen atoms in total. The van der Waals surface area contributed by atoms with Crippen LogP contribution in [0.4, 0.5) is 0 Å². The Morgan fingerprint density at radius 2 is 1.61 bits per heavy atom. The van der Waals surface area contributed by atoms with E-state index < -0.39 is 0 Å². The molecule has 0 spiro atoms. The molecule has 196 valence electrons. The van der Waals surface area contributed by atoms with E-state index in [1.165, 1.54) is 11.1 Å². The third-order valence-corrected chi connectivity index (χ3v) is 5.01. The maximum atomic E-state index is 6.02. The summed E-state index contributed by atoms with van der Waals surface area (Å²) >= 11 is 0. The quantitative estimate of drug-likeness (QED) is 0.388. The van der Waals surface area contributed by atoms with Crippen LogP contribution < -0.4 is 4.74 Å². The van der Waals surface area contributed by atoms with Crippen LogP contribution in [0.25, 0.3) is 0 Å². The van der Waals surface area contributed by atoms with Gasteiger partial charge in [0, 0.05) is 13.1 Å². The van der Waals surface area contributed by atoms with E-state index in [0.29, 0.717) is 12.0 Å².